The molecule has 4 rings (SSSR count). The fourth-order valence-corrected chi connectivity index (χ4v) is 3.95. The second kappa shape index (κ2) is 12.1. The van der Waals surface area contributed by atoms with Crippen molar-refractivity contribution in [2.75, 3.05) is 53.1 Å². The standard InChI is InChI=1S/C28H30N2O5/c1-33-28(32)23-11-9-21(10-12-23)19-24(27(31)29-13-14-30-15-17-34-18-16-30)20-35-26-8-4-6-22-5-2-3-7-25(22)26/h2-12,19H,13-18,20H2,1H3,(H,29,31). The van der Waals surface area contributed by atoms with Gasteiger partial charge in [-0.1, -0.05) is 48.5 Å². The molecule has 3 aromatic rings. The fraction of sp³-hybridized carbons (Fsp3) is 0.286. The number of nitrogens with one attached hydrogen (secondary N) is 1. The van der Waals surface area contributed by atoms with Crippen molar-refractivity contribution < 1.29 is 23.8 Å². The zero-order chi connectivity index (χ0) is 24.5. The number of hydrogen-bond donors (Lipinski definition) is 1. The molecule has 35 heavy (non-hydrogen) atoms. The highest BCUT2D eigenvalue weighted by Gasteiger charge is 2.14. The number of fused-ring (bicyclic) bond motifs is 1. The summed E-state index contributed by atoms with van der Waals surface area (Å²) in [6, 6.07) is 20.8. The Kier molecular flexibility index (Phi) is 8.48. The van der Waals surface area contributed by atoms with Gasteiger partial charge < -0.3 is 19.5 Å². The lowest BCUT2D eigenvalue weighted by molar-refractivity contribution is -0.117. The van der Waals surface area contributed by atoms with Crippen LogP contribution < -0.4 is 10.1 Å². The van der Waals surface area contributed by atoms with Gasteiger partial charge in [0.1, 0.15) is 12.4 Å². The van der Waals surface area contributed by atoms with E-state index in [0.717, 1.165) is 54.9 Å². The van der Waals surface area contributed by atoms with Gasteiger partial charge in [0.2, 0.25) is 0 Å². The van der Waals surface area contributed by atoms with E-state index < -0.39 is 5.97 Å². The summed E-state index contributed by atoms with van der Waals surface area (Å²) in [7, 11) is 1.35. The van der Waals surface area contributed by atoms with E-state index in [1.54, 1.807) is 30.3 Å². The van der Waals surface area contributed by atoms with Crippen molar-refractivity contribution in [3.8, 4) is 5.75 Å². The van der Waals surface area contributed by atoms with Crippen molar-refractivity contribution in [3.63, 3.8) is 0 Å². The summed E-state index contributed by atoms with van der Waals surface area (Å²) in [6.07, 6.45) is 1.79. The Morgan fingerprint density at radius 3 is 2.51 bits per heavy atom. The highest BCUT2D eigenvalue weighted by Crippen LogP contribution is 2.25. The van der Waals surface area contributed by atoms with E-state index in [4.69, 9.17) is 14.2 Å². The van der Waals surface area contributed by atoms with E-state index in [9.17, 15) is 9.59 Å². The van der Waals surface area contributed by atoms with Crippen LogP contribution in [-0.2, 0) is 14.3 Å². The molecular weight excluding hydrogens is 444 g/mol. The van der Waals surface area contributed by atoms with Gasteiger partial charge in [-0.3, -0.25) is 9.69 Å². The summed E-state index contributed by atoms with van der Waals surface area (Å²) in [6.45, 7) is 4.59. The maximum Gasteiger partial charge on any atom is 0.337 e. The van der Waals surface area contributed by atoms with Crippen LogP contribution in [0.5, 0.6) is 5.75 Å². The number of benzene rings is 3. The Balaban J connectivity index is 1.49. The number of carbonyl (C=O) groups is 2. The van der Waals surface area contributed by atoms with Crippen LogP contribution in [0, 0.1) is 0 Å². The van der Waals surface area contributed by atoms with E-state index in [1.807, 2.05) is 42.5 Å². The Morgan fingerprint density at radius 2 is 1.74 bits per heavy atom. The molecule has 0 atom stereocenters. The summed E-state index contributed by atoms with van der Waals surface area (Å²) >= 11 is 0. The second-order valence-electron chi connectivity index (χ2n) is 8.26. The number of morpholine rings is 1. The molecule has 1 aliphatic heterocycles. The summed E-state index contributed by atoms with van der Waals surface area (Å²) in [5.41, 5.74) is 1.73. The molecule has 0 spiro atoms. The van der Waals surface area contributed by atoms with Gasteiger partial charge in [0, 0.05) is 31.6 Å². The van der Waals surface area contributed by atoms with E-state index in [-0.39, 0.29) is 12.5 Å². The van der Waals surface area contributed by atoms with Crippen molar-refractivity contribution in [3.05, 3.63) is 83.4 Å². The van der Waals surface area contributed by atoms with Gasteiger partial charge in [0.25, 0.3) is 5.91 Å². The molecular formula is C28H30N2O5. The zero-order valence-electron chi connectivity index (χ0n) is 19.9. The molecule has 1 fully saturated rings. The maximum atomic E-state index is 13.1. The van der Waals surface area contributed by atoms with Crippen LogP contribution in [0.4, 0.5) is 0 Å². The summed E-state index contributed by atoms with van der Waals surface area (Å²) in [5, 5.41) is 5.08. The molecule has 182 valence electrons. The van der Waals surface area contributed by atoms with E-state index in [0.29, 0.717) is 17.7 Å². The molecule has 0 radical (unpaired) electrons. The Hall–Kier alpha value is -3.68. The fourth-order valence-electron chi connectivity index (χ4n) is 3.95. The topological polar surface area (TPSA) is 77.1 Å². The molecule has 0 saturated carbocycles. The average Bonchev–Trinajstić information content (AvgIpc) is 2.91. The summed E-state index contributed by atoms with van der Waals surface area (Å²) in [4.78, 5) is 27.1. The molecule has 1 saturated heterocycles. The van der Waals surface area contributed by atoms with Gasteiger partial charge in [-0.25, -0.2) is 4.79 Å². The van der Waals surface area contributed by atoms with Gasteiger partial charge in [-0.05, 0) is 35.2 Å². The Bertz CT molecular complexity index is 1180. The summed E-state index contributed by atoms with van der Waals surface area (Å²) < 4.78 is 16.3. The lowest BCUT2D eigenvalue weighted by Crippen LogP contribution is -2.41. The Labute approximate surface area is 205 Å². The monoisotopic (exact) mass is 474 g/mol. The van der Waals surface area contributed by atoms with Crippen molar-refractivity contribution in [2.24, 2.45) is 0 Å². The number of carbonyl (C=O) groups excluding carboxylic acids is 2. The average molecular weight is 475 g/mol. The molecule has 7 nitrogen and oxygen atoms in total. The minimum absolute atomic E-state index is 0.107. The van der Waals surface area contributed by atoms with Crippen molar-refractivity contribution in [2.45, 2.75) is 0 Å². The number of nitrogens with zero attached hydrogens (tertiary/aromatic N) is 1. The number of ether oxygens (including phenoxy) is 3. The van der Waals surface area contributed by atoms with Gasteiger partial charge in [0.05, 0.1) is 31.5 Å². The molecule has 1 aliphatic rings. The van der Waals surface area contributed by atoms with Crippen molar-refractivity contribution in [1.29, 1.82) is 0 Å². The third-order valence-electron chi connectivity index (χ3n) is 5.91. The van der Waals surface area contributed by atoms with Crippen molar-refractivity contribution >= 4 is 28.7 Å². The maximum absolute atomic E-state index is 13.1. The second-order valence-corrected chi connectivity index (χ2v) is 8.26. The van der Waals surface area contributed by atoms with Crippen LogP contribution in [0.1, 0.15) is 15.9 Å². The highest BCUT2D eigenvalue weighted by molar-refractivity contribution is 5.98. The molecule has 1 amide bonds. The molecule has 0 unspecified atom stereocenters. The SMILES string of the molecule is COC(=O)c1ccc(C=C(COc2cccc3ccccc23)C(=O)NCCN2CCOCC2)cc1. The van der Waals surface area contributed by atoms with Crippen LogP contribution >= 0.6 is 0 Å². The van der Waals surface area contributed by atoms with Crippen LogP contribution in [0.15, 0.2) is 72.3 Å². The molecule has 0 bridgehead atoms. The molecule has 1 N–H and O–H groups in total. The lowest BCUT2D eigenvalue weighted by atomic mass is 10.1. The van der Waals surface area contributed by atoms with Crippen LogP contribution in [0.3, 0.4) is 0 Å². The number of esters is 1. The minimum Gasteiger partial charge on any atom is -0.488 e. The highest BCUT2D eigenvalue weighted by atomic mass is 16.5. The summed E-state index contributed by atoms with van der Waals surface area (Å²) in [5.74, 6) is 0.132. The largest absolute Gasteiger partial charge is 0.488 e. The van der Waals surface area contributed by atoms with Crippen LogP contribution in [0.25, 0.3) is 16.8 Å². The molecule has 0 aromatic heterocycles. The number of rotatable bonds is 9. The van der Waals surface area contributed by atoms with Gasteiger partial charge in [-0.2, -0.15) is 0 Å². The van der Waals surface area contributed by atoms with E-state index >= 15 is 0 Å². The molecule has 1 heterocycles. The number of hydrogen-bond acceptors (Lipinski definition) is 6. The lowest BCUT2D eigenvalue weighted by Gasteiger charge is -2.26. The quantitative estimate of drug-likeness (QED) is 0.378. The Morgan fingerprint density at radius 1 is 1.00 bits per heavy atom. The first-order valence-corrected chi connectivity index (χ1v) is 11.7. The molecule has 7 heteroatoms. The first-order valence-electron chi connectivity index (χ1n) is 11.7. The van der Waals surface area contributed by atoms with Gasteiger partial charge >= 0.3 is 5.97 Å². The number of amides is 1. The van der Waals surface area contributed by atoms with Crippen molar-refractivity contribution in [1.82, 2.24) is 10.2 Å². The van der Waals surface area contributed by atoms with Crippen LogP contribution in [0.2, 0.25) is 0 Å². The third-order valence-corrected chi connectivity index (χ3v) is 5.91. The first kappa shape index (κ1) is 24.4. The zero-order valence-corrected chi connectivity index (χ0v) is 19.9. The molecule has 3 aromatic carbocycles. The van der Waals surface area contributed by atoms with E-state index in [2.05, 4.69) is 10.2 Å². The van der Waals surface area contributed by atoms with Crippen LogP contribution in [-0.4, -0.2) is 69.9 Å². The minimum atomic E-state index is -0.402. The first-order chi connectivity index (χ1) is 17.1. The predicted octanol–water partition coefficient (Wildman–Crippen LogP) is 3.54. The normalized spacial score (nSPS) is 14.5. The van der Waals surface area contributed by atoms with Gasteiger partial charge in [0.15, 0.2) is 0 Å². The molecule has 0 aliphatic carbocycles. The van der Waals surface area contributed by atoms with E-state index in [1.165, 1.54) is 7.11 Å². The predicted molar refractivity (Wildman–Crippen MR) is 135 cm³/mol. The number of methoxy groups -OCH3 is 1. The third kappa shape index (κ3) is 6.68. The van der Waals surface area contributed by atoms with Gasteiger partial charge in [-0.15, -0.1) is 0 Å². The smallest absolute Gasteiger partial charge is 0.337 e.